The first-order valence-corrected chi connectivity index (χ1v) is 12.7. The summed E-state index contributed by atoms with van der Waals surface area (Å²) >= 11 is 0. The molecule has 3 fully saturated rings. The number of ether oxygens (including phenoxy) is 1. The van der Waals surface area contributed by atoms with Gasteiger partial charge in [-0.1, -0.05) is 19.3 Å². The Morgan fingerprint density at radius 3 is 2.37 bits per heavy atom. The molecule has 0 radical (unpaired) electrons. The number of rotatable bonds is 4. The highest BCUT2D eigenvalue weighted by Crippen LogP contribution is 2.26. The molecule has 1 aliphatic carbocycles. The lowest BCUT2D eigenvalue weighted by atomic mass is 9.89. The van der Waals surface area contributed by atoms with Crippen molar-refractivity contribution in [2.24, 2.45) is 5.92 Å². The van der Waals surface area contributed by atoms with Crippen molar-refractivity contribution in [3.63, 3.8) is 0 Å². The lowest BCUT2D eigenvalue weighted by Gasteiger charge is -2.30. The fourth-order valence-corrected chi connectivity index (χ4v) is 4.51. The average molecular weight is 491 g/mol. The molecule has 2 saturated heterocycles. The second-order valence-electron chi connectivity index (χ2n) is 10.4. The van der Waals surface area contributed by atoms with Crippen LogP contribution in [0.3, 0.4) is 0 Å². The molecule has 1 aromatic carbocycles. The Labute approximate surface area is 207 Å². The minimum Gasteiger partial charge on any atom is -0.460 e. The number of hydrogen-bond acceptors (Lipinski definition) is 7. The van der Waals surface area contributed by atoms with E-state index in [9.17, 15) is 18.8 Å². The molecule has 194 valence electrons. The second kappa shape index (κ2) is 12.3. The van der Waals surface area contributed by atoms with Gasteiger partial charge in [0, 0.05) is 38.3 Å². The number of nitrogens with zero attached hydrogens (tertiary/aromatic N) is 1. The third-order valence-electron chi connectivity index (χ3n) is 6.33. The summed E-state index contributed by atoms with van der Waals surface area (Å²) in [6, 6.07) is 4.40. The summed E-state index contributed by atoms with van der Waals surface area (Å²) in [5.41, 5.74) is 0.801. The van der Waals surface area contributed by atoms with E-state index in [2.05, 4.69) is 16.0 Å². The van der Waals surface area contributed by atoms with Gasteiger partial charge in [0.05, 0.1) is 11.6 Å². The van der Waals surface area contributed by atoms with Crippen molar-refractivity contribution in [1.82, 2.24) is 10.6 Å². The van der Waals surface area contributed by atoms with Crippen LogP contribution in [-0.2, 0) is 19.1 Å². The lowest BCUT2D eigenvalue weighted by Crippen LogP contribution is -2.47. The van der Waals surface area contributed by atoms with Crippen molar-refractivity contribution in [2.45, 2.75) is 77.4 Å². The van der Waals surface area contributed by atoms with Gasteiger partial charge < -0.3 is 20.3 Å². The van der Waals surface area contributed by atoms with Gasteiger partial charge in [-0.3, -0.25) is 19.7 Å². The number of hydrogen-bond donors (Lipinski definition) is 3. The van der Waals surface area contributed by atoms with Crippen LogP contribution in [0.2, 0.25) is 0 Å². The summed E-state index contributed by atoms with van der Waals surface area (Å²) in [5, 5.41) is 8.49. The summed E-state index contributed by atoms with van der Waals surface area (Å²) in [5.74, 6) is -0.745. The zero-order chi connectivity index (χ0) is 25.4. The Bertz CT molecular complexity index is 890. The highest BCUT2D eigenvalue weighted by Gasteiger charge is 2.27. The number of benzene rings is 1. The van der Waals surface area contributed by atoms with Gasteiger partial charge in [0.1, 0.15) is 17.5 Å². The van der Waals surface area contributed by atoms with Gasteiger partial charge in [-0.25, -0.2) is 4.39 Å². The molecule has 3 N–H and O–H groups in total. The number of amides is 2. The van der Waals surface area contributed by atoms with Crippen molar-refractivity contribution in [1.29, 1.82) is 0 Å². The van der Waals surface area contributed by atoms with E-state index in [0.29, 0.717) is 24.2 Å². The maximum absolute atomic E-state index is 14.3. The zero-order valence-corrected chi connectivity index (χ0v) is 21.1. The lowest BCUT2D eigenvalue weighted by molar-refractivity contribution is -0.161. The van der Waals surface area contributed by atoms with Gasteiger partial charge in [-0.15, -0.1) is 0 Å². The summed E-state index contributed by atoms with van der Waals surface area (Å²) < 4.78 is 19.6. The number of carbonyl (C=O) groups is 3. The van der Waals surface area contributed by atoms with Crippen LogP contribution >= 0.6 is 0 Å². The van der Waals surface area contributed by atoms with Crippen molar-refractivity contribution in [3.05, 3.63) is 24.0 Å². The summed E-state index contributed by atoms with van der Waals surface area (Å²) in [4.78, 5) is 36.4. The first-order valence-electron chi connectivity index (χ1n) is 12.7. The monoisotopic (exact) mass is 490 g/mol. The number of anilines is 2. The van der Waals surface area contributed by atoms with Gasteiger partial charge >= 0.3 is 5.97 Å². The van der Waals surface area contributed by atoms with Gasteiger partial charge in [-0.2, -0.15) is 0 Å². The highest BCUT2D eigenvalue weighted by molar-refractivity contribution is 6.01. The van der Waals surface area contributed by atoms with E-state index in [-0.39, 0.29) is 35.1 Å². The first kappa shape index (κ1) is 26.9. The van der Waals surface area contributed by atoms with E-state index in [1.165, 1.54) is 25.3 Å². The SMILES string of the molecule is CC(C)(C)OC(=O)C1CCCCC1.O=C1CCC(Nc2ccc(N3CCNCC3)c(F)c2)C(=O)N1. The maximum atomic E-state index is 14.3. The van der Waals surface area contributed by atoms with Crippen molar-refractivity contribution in [3.8, 4) is 0 Å². The van der Waals surface area contributed by atoms with Crippen molar-refractivity contribution in [2.75, 3.05) is 36.4 Å². The summed E-state index contributed by atoms with van der Waals surface area (Å²) in [6.45, 7) is 9.01. The van der Waals surface area contributed by atoms with Crippen LogP contribution in [0.1, 0.15) is 65.7 Å². The van der Waals surface area contributed by atoms with Crippen LogP contribution in [0, 0.1) is 11.7 Å². The van der Waals surface area contributed by atoms with Crippen molar-refractivity contribution >= 4 is 29.2 Å². The third kappa shape index (κ3) is 8.49. The first-order chi connectivity index (χ1) is 16.6. The predicted octanol–water partition coefficient (Wildman–Crippen LogP) is 3.36. The molecule has 3 aliphatic rings. The van der Waals surface area contributed by atoms with Crippen LogP contribution in [0.25, 0.3) is 0 Å². The number of piperidine rings is 1. The van der Waals surface area contributed by atoms with Crippen LogP contribution in [0.15, 0.2) is 18.2 Å². The van der Waals surface area contributed by atoms with Gasteiger partial charge in [0.25, 0.3) is 0 Å². The van der Waals surface area contributed by atoms with Crippen LogP contribution in [0.4, 0.5) is 15.8 Å². The van der Waals surface area contributed by atoms with Crippen LogP contribution in [0.5, 0.6) is 0 Å². The number of piperazine rings is 1. The zero-order valence-electron chi connectivity index (χ0n) is 21.1. The van der Waals surface area contributed by atoms with E-state index >= 15 is 0 Å². The van der Waals surface area contributed by atoms with E-state index in [1.807, 2.05) is 25.7 Å². The Morgan fingerprint density at radius 2 is 1.77 bits per heavy atom. The molecule has 2 amide bonds. The van der Waals surface area contributed by atoms with Crippen LogP contribution in [-0.4, -0.2) is 55.6 Å². The molecule has 1 aromatic rings. The van der Waals surface area contributed by atoms with E-state index in [1.54, 1.807) is 12.1 Å². The second-order valence-corrected chi connectivity index (χ2v) is 10.4. The molecule has 1 atom stereocenters. The molecule has 9 heteroatoms. The standard InChI is InChI=1S/C15H19FN4O2.C11H20O2/c16-11-9-10(18-12-2-4-14(21)19-15(12)22)1-3-13(11)20-7-5-17-6-8-20;1-11(2,3)13-10(12)9-7-5-4-6-8-9/h1,3,9,12,17-18H,2,4-8H2,(H,19,21,22);9H,4-8H2,1-3H3. The Balaban J connectivity index is 0.000000225. The average Bonchev–Trinajstić information content (AvgIpc) is 2.81. The Kier molecular flexibility index (Phi) is 9.48. The molecule has 1 unspecified atom stereocenters. The normalized spacial score (nSPS) is 21.5. The van der Waals surface area contributed by atoms with E-state index in [4.69, 9.17) is 4.74 Å². The molecule has 1 saturated carbocycles. The number of nitrogens with one attached hydrogen (secondary N) is 3. The highest BCUT2D eigenvalue weighted by atomic mass is 19.1. The summed E-state index contributed by atoms with van der Waals surface area (Å²) in [6.07, 6.45) is 6.41. The minimum atomic E-state index is -0.498. The largest absolute Gasteiger partial charge is 0.460 e. The quantitative estimate of drug-likeness (QED) is 0.440. The Morgan fingerprint density at radius 1 is 1.09 bits per heavy atom. The molecule has 0 bridgehead atoms. The number of carbonyl (C=O) groups excluding carboxylic acids is 3. The third-order valence-corrected chi connectivity index (χ3v) is 6.33. The van der Waals surface area contributed by atoms with Gasteiger partial charge in [0.15, 0.2) is 0 Å². The Hall–Kier alpha value is -2.68. The molecule has 0 spiro atoms. The fourth-order valence-electron chi connectivity index (χ4n) is 4.51. The maximum Gasteiger partial charge on any atom is 0.309 e. The molecule has 4 rings (SSSR count). The number of imide groups is 1. The summed E-state index contributed by atoms with van der Waals surface area (Å²) in [7, 11) is 0. The smallest absolute Gasteiger partial charge is 0.309 e. The predicted molar refractivity (Wildman–Crippen MR) is 134 cm³/mol. The van der Waals surface area contributed by atoms with Gasteiger partial charge in [0.2, 0.25) is 11.8 Å². The molecular weight excluding hydrogens is 451 g/mol. The minimum absolute atomic E-state index is 0.00667. The molecule has 35 heavy (non-hydrogen) atoms. The molecule has 0 aromatic heterocycles. The number of esters is 1. The molecule has 8 nitrogen and oxygen atoms in total. The van der Waals surface area contributed by atoms with E-state index < -0.39 is 6.04 Å². The van der Waals surface area contributed by atoms with Crippen molar-refractivity contribution < 1.29 is 23.5 Å². The molecular formula is C26H39FN4O4. The topological polar surface area (TPSA) is 99.8 Å². The molecule has 2 aliphatic heterocycles. The van der Waals surface area contributed by atoms with Crippen LogP contribution < -0.4 is 20.9 Å². The van der Waals surface area contributed by atoms with Gasteiger partial charge in [-0.05, 0) is 58.2 Å². The molecule has 2 heterocycles. The van der Waals surface area contributed by atoms with E-state index in [0.717, 1.165) is 39.0 Å². The number of halogens is 1. The fraction of sp³-hybridized carbons (Fsp3) is 0.654.